The lowest BCUT2D eigenvalue weighted by Gasteiger charge is -2.37. The zero-order valence-corrected chi connectivity index (χ0v) is 24.9. The Morgan fingerprint density at radius 1 is 1.05 bits per heavy atom. The number of nitrogens with one attached hydrogen (secondary N) is 1. The summed E-state index contributed by atoms with van der Waals surface area (Å²) in [5.41, 5.74) is 1.14. The molecule has 8 heteroatoms. The van der Waals surface area contributed by atoms with Crippen LogP contribution in [0.5, 0.6) is 11.5 Å². The van der Waals surface area contributed by atoms with E-state index in [-0.39, 0.29) is 5.91 Å². The summed E-state index contributed by atoms with van der Waals surface area (Å²) in [6, 6.07) is 13.7. The van der Waals surface area contributed by atoms with Crippen LogP contribution in [0.15, 0.2) is 47.4 Å². The van der Waals surface area contributed by atoms with Gasteiger partial charge in [-0.1, -0.05) is 6.07 Å². The van der Waals surface area contributed by atoms with E-state index in [1.54, 1.807) is 16.7 Å². The maximum Gasteiger partial charge on any atom is 0.411 e. The molecule has 1 aliphatic heterocycles. The molecule has 2 aromatic rings. The predicted molar refractivity (Wildman–Crippen MR) is 154 cm³/mol. The number of ether oxygens (including phenoxy) is 2. The Labute approximate surface area is 232 Å². The smallest absolute Gasteiger partial charge is 0.411 e. The maximum absolute atomic E-state index is 13.6. The van der Waals surface area contributed by atoms with Gasteiger partial charge in [0.1, 0.15) is 23.1 Å². The van der Waals surface area contributed by atoms with Crippen LogP contribution in [-0.2, 0) is 16.0 Å². The van der Waals surface area contributed by atoms with Crippen molar-refractivity contribution in [3.63, 3.8) is 0 Å². The van der Waals surface area contributed by atoms with Crippen molar-refractivity contribution >= 4 is 23.8 Å². The zero-order chi connectivity index (χ0) is 28.0. The molecule has 0 aliphatic carbocycles. The Bertz CT molecular complexity index is 1090. The van der Waals surface area contributed by atoms with Gasteiger partial charge in [-0.05, 0) is 109 Å². The lowest BCUT2D eigenvalue weighted by Crippen LogP contribution is -2.50. The van der Waals surface area contributed by atoms with Gasteiger partial charge in [-0.2, -0.15) is 0 Å². The van der Waals surface area contributed by atoms with Gasteiger partial charge in [0, 0.05) is 36.6 Å². The van der Waals surface area contributed by atoms with Gasteiger partial charge in [-0.25, -0.2) is 4.79 Å². The number of amides is 2. The molecular weight excluding hydrogens is 498 g/mol. The van der Waals surface area contributed by atoms with Crippen molar-refractivity contribution < 1.29 is 19.1 Å². The van der Waals surface area contributed by atoms with E-state index in [0.29, 0.717) is 37.3 Å². The normalized spacial score (nSPS) is 15.6. The van der Waals surface area contributed by atoms with E-state index in [1.165, 1.54) is 4.90 Å². The Morgan fingerprint density at radius 2 is 1.68 bits per heavy atom. The van der Waals surface area contributed by atoms with Crippen molar-refractivity contribution in [3.05, 3.63) is 53.6 Å². The Morgan fingerprint density at radius 3 is 2.26 bits per heavy atom. The van der Waals surface area contributed by atoms with E-state index in [2.05, 4.69) is 37.9 Å². The Kier molecular flexibility index (Phi) is 10.1. The summed E-state index contributed by atoms with van der Waals surface area (Å²) >= 11 is 1.68. The van der Waals surface area contributed by atoms with Crippen molar-refractivity contribution in [2.75, 3.05) is 25.9 Å². The quantitative estimate of drug-likeness (QED) is 0.377. The number of carbonyl (C=O) groups excluding carboxylic acids is 2. The molecule has 38 heavy (non-hydrogen) atoms. The molecule has 208 valence electrons. The second-order valence-electron chi connectivity index (χ2n) is 11.2. The summed E-state index contributed by atoms with van der Waals surface area (Å²) in [7, 11) is 0. The molecule has 7 nitrogen and oxygen atoms in total. The van der Waals surface area contributed by atoms with E-state index in [1.807, 2.05) is 69.5 Å². The highest BCUT2D eigenvalue weighted by Crippen LogP contribution is 2.35. The molecule has 1 aliphatic rings. The van der Waals surface area contributed by atoms with Crippen LogP contribution < -0.4 is 10.1 Å². The van der Waals surface area contributed by atoms with Gasteiger partial charge in [-0.3, -0.25) is 14.6 Å². The summed E-state index contributed by atoms with van der Waals surface area (Å²) in [6.45, 7) is 15.7. The van der Waals surface area contributed by atoms with Crippen LogP contribution in [-0.4, -0.2) is 65.4 Å². The molecule has 0 bridgehead atoms. The number of benzene rings is 2. The fourth-order valence-electron chi connectivity index (χ4n) is 4.76. The van der Waals surface area contributed by atoms with Crippen molar-refractivity contribution in [1.29, 1.82) is 0 Å². The van der Waals surface area contributed by atoms with E-state index in [4.69, 9.17) is 9.47 Å². The topological polar surface area (TPSA) is 71.1 Å². The molecule has 0 saturated carbocycles. The summed E-state index contributed by atoms with van der Waals surface area (Å²) in [5, 5.41) is 3.08. The van der Waals surface area contributed by atoms with Gasteiger partial charge in [0.2, 0.25) is 5.91 Å². The molecule has 1 heterocycles. The molecule has 2 amide bonds. The predicted octanol–water partition coefficient (Wildman–Crippen LogP) is 6.27. The fourth-order valence-corrected chi connectivity index (χ4v) is 5.17. The minimum atomic E-state index is -0.768. The lowest BCUT2D eigenvalue weighted by atomic mass is 9.92. The standard InChI is InChI=1S/C30H43N3O4S/c1-20(2)32(21(3)4)18-16-31-28(34)27-26-14-11-24(36-23-9-12-25(38-8)13-10-23)19-22(26)15-17-33(27)29(35)37-30(5,6)7/h9-14,19-21,27H,15-18H2,1-8H3,(H,31,34). The molecule has 1 N–H and O–H groups in total. The van der Waals surface area contributed by atoms with Gasteiger partial charge >= 0.3 is 6.09 Å². The van der Waals surface area contributed by atoms with Crippen LogP contribution in [0.4, 0.5) is 4.79 Å². The minimum Gasteiger partial charge on any atom is -0.457 e. The molecular formula is C30H43N3O4S. The van der Waals surface area contributed by atoms with E-state index >= 15 is 0 Å². The first-order valence-electron chi connectivity index (χ1n) is 13.4. The lowest BCUT2D eigenvalue weighted by molar-refractivity contribution is -0.127. The van der Waals surface area contributed by atoms with Gasteiger partial charge in [-0.15, -0.1) is 11.8 Å². The highest BCUT2D eigenvalue weighted by atomic mass is 32.2. The van der Waals surface area contributed by atoms with Crippen LogP contribution >= 0.6 is 11.8 Å². The summed E-state index contributed by atoms with van der Waals surface area (Å²) in [4.78, 5) is 31.8. The first kappa shape index (κ1) is 29.8. The monoisotopic (exact) mass is 541 g/mol. The van der Waals surface area contributed by atoms with E-state index in [0.717, 1.165) is 23.4 Å². The average Bonchev–Trinajstić information content (AvgIpc) is 2.84. The van der Waals surface area contributed by atoms with Crippen molar-refractivity contribution in [2.45, 2.75) is 83.5 Å². The molecule has 3 rings (SSSR count). The Balaban J connectivity index is 1.83. The first-order chi connectivity index (χ1) is 17.9. The second kappa shape index (κ2) is 12.9. The number of rotatable bonds is 9. The van der Waals surface area contributed by atoms with Gasteiger partial charge in [0.05, 0.1) is 0 Å². The highest BCUT2D eigenvalue weighted by molar-refractivity contribution is 7.98. The number of hydrogen-bond donors (Lipinski definition) is 1. The molecule has 1 atom stereocenters. The van der Waals surface area contributed by atoms with Crippen molar-refractivity contribution in [2.24, 2.45) is 0 Å². The molecule has 1 unspecified atom stereocenters. The fraction of sp³-hybridized carbons (Fsp3) is 0.533. The summed E-state index contributed by atoms with van der Waals surface area (Å²) < 4.78 is 11.8. The van der Waals surface area contributed by atoms with Crippen LogP contribution in [0.25, 0.3) is 0 Å². The van der Waals surface area contributed by atoms with Crippen LogP contribution in [0.1, 0.15) is 65.6 Å². The molecule has 0 saturated heterocycles. The summed E-state index contributed by atoms with van der Waals surface area (Å²) in [5.74, 6) is 1.25. The minimum absolute atomic E-state index is 0.203. The third kappa shape index (κ3) is 7.90. The molecule has 0 fully saturated rings. The molecule has 0 aromatic heterocycles. The largest absolute Gasteiger partial charge is 0.457 e. The SMILES string of the molecule is CSc1ccc(Oc2ccc3c(c2)CCN(C(=O)OC(C)(C)C)C3C(=O)NCCN(C(C)C)C(C)C)cc1. The van der Waals surface area contributed by atoms with Crippen LogP contribution in [0, 0.1) is 0 Å². The first-order valence-corrected chi connectivity index (χ1v) is 14.6. The zero-order valence-electron chi connectivity index (χ0n) is 24.0. The van der Waals surface area contributed by atoms with E-state index < -0.39 is 17.7 Å². The van der Waals surface area contributed by atoms with Crippen LogP contribution in [0.3, 0.4) is 0 Å². The van der Waals surface area contributed by atoms with Crippen molar-refractivity contribution in [3.8, 4) is 11.5 Å². The van der Waals surface area contributed by atoms with Gasteiger partial charge in [0.25, 0.3) is 0 Å². The number of carbonyl (C=O) groups is 2. The third-order valence-electron chi connectivity index (χ3n) is 6.51. The van der Waals surface area contributed by atoms with E-state index in [9.17, 15) is 9.59 Å². The Hall–Kier alpha value is -2.71. The molecule has 2 aromatic carbocycles. The number of thioether (sulfide) groups is 1. The summed E-state index contributed by atoms with van der Waals surface area (Å²) in [6.07, 6.45) is 2.16. The number of fused-ring (bicyclic) bond motifs is 1. The van der Waals surface area contributed by atoms with Gasteiger partial charge in [0.15, 0.2) is 0 Å². The molecule has 0 radical (unpaired) electrons. The third-order valence-corrected chi connectivity index (χ3v) is 7.25. The maximum atomic E-state index is 13.6. The van der Waals surface area contributed by atoms with Crippen LogP contribution in [0.2, 0.25) is 0 Å². The second-order valence-corrected chi connectivity index (χ2v) is 12.1. The number of hydrogen-bond acceptors (Lipinski definition) is 6. The number of nitrogens with zero attached hydrogens (tertiary/aromatic N) is 2. The van der Waals surface area contributed by atoms with Crippen molar-refractivity contribution in [1.82, 2.24) is 15.1 Å². The molecule has 0 spiro atoms. The van der Waals surface area contributed by atoms with Gasteiger partial charge < -0.3 is 14.8 Å². The average molecular weight is 542 g/mol. The highest BCUT2D eigenvalue weighted by Gasteiger charge is 2.38.